The molecular weight excluding hydrogens is 368 g/mol. The third-order valence-electron chi connectivity index (χ3n) is 5.28. The van der Waals surface area contributed by atoms with Gasteiger partial charge in [-0.05, 0) is 28.3 Å². The van der Waals surface area contributed by atoms with Crippen LogP contribution in [0.25, 0.3) is 11.1 Å². The molecule has 0 unspecified atom stereocenters. The first kappa shape index (κ1) is 20.8. The van der Waals surface area contributed by atoms with E-state index in [1.807, 2.05) is 0 Å². The molecule has 0 saturated carbocycles. The van der Waals surface area contributed by atoms with Gasteiger partial charge in [-0.15, -0.1) is 0 Å². The highest BCUT2D eigenvalue weighted by molar-refractivity contribution is 6.78. The lowest BCUT2D eigenvalue weighted by Gasteiger charge is -2.27. The molecule has 0 aromatic heterocycles. The maximum Gasteiger partial charge on any atom is 0.0574 e. The first-order chi connectivity index (χ1) is 13.2. The largest absolute Gasteiger partial charge is 0.0693 e. The fourth-order valence-electron chi connectivity index (χ4n) is 4.30. The maximum absolute atomic E-state index is 2.47. The third kappa shape index (κ3) is 4.92. The van der Waals surface area contributed by atoms with Crippen molar-refractivity contribution >= 4 is 16.1 Å². The monoisotopic (exact) mass is 402 g/mol. The van der Waals surface area contributed by atoms with Crippen LogP contribution in [-0.4, -0.2) is 16.1 Å². The zero-order chi connectivity index (χ0) is 20.4. The number of fused-ring (bicyclic) bond motifs is 3. The Morgan fingerprint density at radius 3 is 1.43 bits per heavy atom. The summed E-state index contributed by atoms with van der Waals surface area (Å²) in [5.74, 6) is 0. The molecule has 146 valence electrons. The Labute approximate surface area is 173 Å². The second kappa shape index (κ2) is 8.22. The van der Waals surface area contributed by atoms with Gasteiger partial charge in [0, 0.05) is 13.6 Å². The third-order valence-corrected chi connectivity index (χ3v) is 9.10. The standard InChI is InChI=1S/C16H18Si.C10H16Si/c1-17(2,3)16-14-10-6-4-8-12(14)13-9-5-7-11-15(13)16;1-11(2,3)9-10-7-5-4-6-8-10/h4-11,16H,1-3H3;4-8H,9H2,1-3H3. The van der Waals surface area contributed by atoms with Crippen LogP contribution in [0.5, 0.6) is 0 Å². The van der Waals surface area contributed by atoms with E-state index < -0.39 is 16.1 Å². The molecule has 0 fully saturated rings. The van der Waals surface area contributed by atoms with E-state index in [1.165, 1.54) is 22.7 Å². The van der Waals surface area contributed by atoms with Crippen LogP contribution in [0, 0.1) is 0 Å². The molecule has 0 spiro atoms. The molecule has 0 heterocycles. The Morgan fingerprint density at radius 1 is 0.571 bits per heavy atom. The van der Waals surface area contributed by atoms with Gasteiger partial charge in [0.25, 0.3) is 0 Å². The minimum Gasteiger partial charge on any atom is -0.0693 e. The zero-order valence-electron chi connectivity index (χ0n) is 18.3. The molecule has 3 aromatic carbocycles. The molecule has 0 nitrogen and oxygen atoms in total. The van der Waals surface area contributed by atoms with Crippen molar-refractivity contribution in [3.8, 4) is 11.1 Å². The van der Waals surface area contributed by atoms with Crippen molar-refractivity contribution in [3.05, 3.63) is 95.6 Å². The second-order valence-electron chi connectivity index (χ2n) is 10.2. The Balaban J connectivity index is 0.000000178. The van der Waals surface area contributed by atoms with E-state index in [4.69, 9.17) is 0 Å². The maximum atomic E-state index is 2.47. The van der Waals surface area contributed by atoms with Crippen LogP contribution in [0.4, 0.5) is 0 Å². The van der Waals surface area contributed by atoms with E-state index in [0.717, 1.165) is 0 Å². The van der Waals surface area contributed by atoms with E-state index >= 15 is 0 Å². The summed E-state index contributed by atoms with van der Waals surface area (Å²) in [6.45, 7) is 14.6. The molecule has 0 aliphatic heterocycles. The molecule has 0 N–H and O–H groups in total. The van der Waals surface area contributed by atoms with Crippen molar-refractivity contribution in [1.82, 2.24) is 0 Å². The Hall–Kier alpha value is -1.91. The first-order valence-corrected chi connectivity index (χ1v) is 17.7. The molecular formula is C26H34Si2. The summed E-state index contributed by atoms with van der Waals surface area (Å²) < 4.78 is 0. The van der Waals surface area contributed by atoms with E-state index in [1.54, 1.807) is 11.1 Å². The minimum absolute atomic E-state index is 0.662. The van der Waals surface area contributed by atoms with Crippen molar-refractivity contribution in [2.45, 2.75) is 50.9 Å². The smallest absolute Gasteiger partial charge is 0.0574 e. The quantitative estimate of drug-likeness (QED) is 0.392. The minimum atomic E-state index is -1.23. The van der Waals surface area contributed by atoms with Gasteiger partial charge in [-0.25, -0.2) is 0 Å². The van der Waals surface area contributed by atoms with E-state index in [0.29, 0.717) is 5.54 Å². The van der Waals surface area contributed by atoms with Crippen LogP contribution in [0.3, 0.4) is 0 Å². The predicted octanol–water partition coefficient (Wildman–Crippen LogP) is 7.78. The molecule has 1 aliphatic carbocycles. The second-order valence-corrected chi connectivity index (χ2v) is 21.0. The lowest BCUT2D eigenvalue weighted by molar-refractivity contribution is 1.12. The Morgan fingerprint density at radius 2 is 1.00 bits per heavy atom. The van der Waals surface area contributed by atoms with Gasteiger partial charge in [0.2, 0.25) is 0 Å². The summed E-state index contributed by atoms with van der Waals surface area (Å²) in [6, 6.07) is 29.9. The summed E-state index contributed by atoms with van der Waals surface area (Å²) in [5.41, 5.74) is 8.16. The van der Waals surface area contributed by atoms with Gasteiger partial charge < -0.3 is 0 Å². The summed E-state index contributed by atoms with van der Waals surface area (Å²) in [7, 11) is -2.12. The molecule has 0 saturated heterocycles. The molecule has 2 heteroatoms. The SMILES string of the molecule is C[Si](C)(C)C1c2ccccc2-c2ccccc21.C[Si](C)(C)Cc1ccccc1. The van der Waals surface area contributed by atoms with Crippen LogP contribution in [0.2, 0.25) is 39.3 Å². The highest BCUT2D eigenvalue weighted by atomic mass is 28.3. The Bertz CT molecular complexity index is 869. The van der Waals surface area contributed by atoms with Crippen LogP contribution in [-0.2, 0) is 6.04 Å². The normalized spacial score (nSPS) is 13.4. The fraction of sp³-hybridized carbons (Fsp3) is 0.308. The Kier molecular flexibility index (Phi) is 6.11. The molecule has 0 atom stereocenters. The van der Waals surface area contributed by atoms with E-state index in [2.05, 4.69) is 118 Å². The zero-order valence-corrected chi connectivity index (χ0v) is 20.3. The van der Waals surface area contributed by atoms with Crippen LogP contribution in [0.15, 0.2) is 78.9 Å². The average molecular weight is 403 g/mol. The average Bonchev–Trinajstić information content (AvgIpc) is 2.96. The van der Waals surface area contributed by atoms with Crippen LogP contribution < -0.4 is 0 Å². The highest BCUT2D eigenvalue weighted by Gasteiger charge is 2.37. The molecule has 0 radical (unpaired) electrons. The summed E-state index contributed by atoms with van der Waals surface area (Å²) in [6.07, 6.45) is 0. The predicted molar refractivity (Wildman–Crippen MR) is 131 cm³/mol. The van der Waals surface area contributed by atoms with Gasteiger partial charge in [-0.1, -0.05) is 124 Å². The van der Waals surface area contributed by atoms with Gasteiger partial charge in [0.1, 0.15) is 0 Å². The van der Waals surface area contributed by atoms with Gasteiger partial charge in [-0.2, -0.15) is 0 Å². The van der Waals surface area contributed by atoms with Crippen molar-refractivity contribution in [1.29, 1.82) is 0 Å². The van der Waals surface area contributed by atoms with Crippen molar-refractivity contribution in [2.24, 2.45) is 0 Å². The molecule has 4 rings (SSSR count). The van der Waals surface area contributed by atoms with E-state index in [9.17, 15) is 0 Å². The van der Waals surface area contributed by atoms with Gasteiger partial charge >= 0.3 is 0 Å². The molecule has 0 amide bonds. The number of rotatable bonds is 3. The topological polar surface area (TPSA) is 0 Å². The number of hydrogen-bond donors (Lipinski definition) is 0. The highest BCUT2D eigenvalue weighted by Crippen LogP contribution is 2.48. The van der Waals surface area contributed by atoms with E-state index in [-0.39, 0.29) is 0 Å². The van der Waals surface area contributed by atoms with Gasteiger partial charge in [0.05, 0.1) is 8.07 Å². The lowest BCUT2D eigenvalue weighted by Crippen LogP contribution is -2.30. The molecule has 28 heavy (non-hydrogen) atoms. The van der Waals surface area contributed by atoms with Crippen molar-refractivity contribution in [2.75, 3.05) is 0 Å². The summed E-state index contributed by atoms with van der Waals surface area (Å²) in [5, 5.41) is 0. The van der Waals surface area contributed by atoms with Crippen molar-refractivity contribution < 1.29 is 0 Å². The van der Waals surface area contributed by atoms with Crippen LogP contribution >= 0.6 is 0 Å². The first-order valence-electron chi connectivity index (χ1n) is 10.4. The van der Waals surface area contributed by atoms with Crippen molar-refractivity contribution in [3.63, 3.8) is 0 Å². The summed E-state index contributed by atoms with van der Waals surface area (Å²) >= 11 is 0. The fourth-order valence-corrected chi connectivity index (χ4v) is 8.13. The molecule has 3 aromatic rings. The lowest BCUT2D eigenvalue weighted by atomic mass is 10.1. The molecule has 1 aliphatic rings. The van der Waals surface area contributed by atoms with Gasteiger partial charge in [-0.3, -0.25) is 0 Å². The number of benzene rings is 3. The molecule has 0 bridgehead atoms. The number of hydrogen-bond acceptors (Lipinski definition) is 0. The summed E-state index contributed by atoms with van der Waals surface area (Å²) in [4.78, 5) is 0. The van der Waals surface area contributed by atoms with Gasteiger partial charge in [0.15, 0.2) is 0 Å². The van der Waals surface area contributed by atoms with Crippen LogP contribution in [0.1, 0.15) is 22.2 Å².